The molecule has 0 heterocycles. The van der Waals surface area contributed by atoms with Crippen molar-refractivity contribution >= 4 is 11.9 Å². The van der Waals surface area contributed by atoms with Gasteiger partial charge in [-0.1, -0.05) is 119 Å². The summed E-state index contributed by atoms with van der Waals surface area (Å²) in [6.45, 7) is 16.7. The lowest BCUT2D eigenvalue weighted by Crippen LogP contribution is -2.22. The summed E-state index contributed by atoms with van der Waals surface area (Å²) in [7, 11) is 0. The predicted octanol–water partition coefficient (Wildman–Crippen LogP) is 11.3. The van der Waals surface area contributed by atoms with Gasteiger partial charge in [0.1, 0.15) is 11.5 Å². The minimum absolute atomic E-state index is 0.130. The maximum absolute atomic E-state index is 12.4. The van der Waals surface area contributed by atoms with Crippen LogP contribution in [0.15, 0.2) is 12.1 Å². The van der Waals surface area contributed by atoms with E-state index in [0.717, 1.165) is 68.2 Å². The monoisotopic (exact) mass is 647 g/mol. The van der Waals surface area contributed by atoms with Gasteiger partial charge in [-0.15, -0.1) is 0 Å². The molecule has 1 N–H and O–H groups in total. The van der Waals surface area contributed by atoms with Crippen molar-refractivity contribution in [1.82, 2.24) is 0 Å². The Hall–Kier alpha value is -2.24. The first-order valence-electron chi connectivity index (χ1n) is 18.8. The Morgan fingerprint density at radius 3 is 1.48 bits per heavy atom. The molecule has 46 heavy (non-hydrogen) atoms. The fourth-order valence-corrected chi connectivity index (χ4v) is 5.99. The third kappa shape index (κ3) is 17.6. The van der Waals surface area contributed by atoms with Crippen LogP contribution in [-0.4, -0.2) is 36.9 Å². The van der Waals surface area contributed by atoms with Crippen molar-refractivity contribution in [3.05, 3.63) is 23.3 Å². The number of hydrogen-bond donors (Lipinski definition) is 1. The van der Waals surface area contributed by atoms with Gasteiger partial charge in [-0.2, -0.15) is 0 Å². The van der Waals surface area contributed by atoms with E-state index in [2.05, 4.69) is 48.5 Å². The van der Waals surface area contributed by atoms with Gasteiger partial charge in [-0.25, -0.2) is 0 Å². The van der Waals surface area contributed by atoms with Gasteiger partial charge in [0.05, 0.1) is 19.8 Å². The lowest BCUT2D eigenvalue weighted by atomic mass is 9.75. The van der Waals surface area contributed by atoms with Gasteiger partial charge in [0.2, 0.25) is 0 Å². The molecule has 1 aromatic carbocycles. The van der Waals surface area contributed by atoms with Crippen LogP contribution >= 0.6 is 0 Å². The van der Waals surface area contributed by atoms with Crippen molar-refractivity contribution in [2.75, 3.05) is 19.8 Å². The van der Waals surface area contributed by atoms with Gasteiger partial charge in [0, 0.05) is 24.0 Å². The van der Waals surface area contributed by atoms with Gasteiger partial charge in [-0.3, -0.25) is 9.59 Å². The zero-order valence-corrected chi connectivity index (χ0v) is 30.9. The van der Waals surface area contributed by atoms with E-state index >= 15 is 0 Å². The standard InChI is InChI=1S/C40H70O6/c1-8-11-14-16-18-20-29-45-37(42)24-22-26-39(4,5)33-32-36(44-28-13-10-3)34(31-35(33)41)40(6,7)27-23-25-38(43)46-30-21-19-17-15-12-9-2/h31-32,41H,8-30H2,1-7H3. The number of rotatable bonds is 28. The number of phenols is 1. The third-order valence-corrected chi connectivity index (χ3v) is 9.20. The maximum atomic E-state index is 12.4. The first-order chi connectivity index (χ1) is 22.0. The Balaban J connectivity index is 2.75. The average Bonchev–Trinajstić information content (AvgIpc) is 3.00. The van der Waals surface area contributed by atoms with E-state index in [9.17, 15) is 14.7 Å². The molecule has 0 bridgehead atoms. The summed E-state index contributed by atoms with van der Waals surface area (Å²) in [4.78, 5) is 24.7. The highest BCUT2D eigenvalue weighted by molar-refractivity contribution is 5.69. The normalized spacial score (nSPS) is 11.9. The minimum Gasteiger partial charge on any atom is -0.508 e. The predicted molar refractivity (Wildman–Crippen MR) is 191 cm³/mol. The molecule has 266 valence electrons. The van der Waals surface area contributed by atoms with Crippen LogP contribution in [0.1, 0.15) is 188 Å². The lowest BCUT2D eigenvalue weighted by Gasteiger charge is -2.32. The zero-order valence-electron chi connectivity index (χ0n) is 30.9. The third-order valence-electron chi connectivity index (χ3n) is 9.20. The van der Waals surface area contributed by atoms with Gasteiger partial charge < -0.3 is 19.3 Å². The smallest absolute Gasteiger partial charge is 0.305 e. The largest absolute Gasteiger partial charge is 0.508 e. The first kappa shape index (κ1) is 41.8. The number of unbranched alkanes of at least 4 members (excludes halogenated alkanes) is 11. The number of ether oxygens (including phenoxy) is 3. The molecule has 1 rings (SSSR count). The summed E-state index contributed by atoms with van der Waals surface area (Å²) >= 11 is 0. The second-order valence-electron chi connectivity index (χ2n) is 14.5. The Bertz CT molecular complexity index is 967. The average molecular weight is 647 g/mol. The lowest BCUT2D eigenvalue weighted by molar-refractivity contribution is -0.144. The summed E-state index contributed by atoms with van der Waals surface area (Å²) in [5.74, 6) is 0.777. The molecule has 0 fully saturated rings. The van der Waals surface area contributed by atoms with Crippen LogP contribution in [0.3, 0.4) is 0 Å². The highest BCUT2D eigenvalue weighted by Crippen LogP contribution is 2.44. The molecule has 0 aromatic heterocycles. The second-order valence-corrected chi connectivity index (χ2v) is 14.5. The van der Waals surface area contributed by atoms with Crippen molar-refractivity contribution in [3.8, 4) is 11.5 Å². The summed E-state index contributed by atoms with van der Waals surface area (Å²) in [5, 5.41) is 11.3. The Morgan fingerprint density at radius 2 is 1.00 bits per heavy atom. The minimum atomic E-state index is -0.352. The van der Waals surface area contributed by atoms with Crippen LogP contribution in [0.2, 0.25) is 0 Å². The Kier molecular flexibility index (Phi) is 21.8. The number of carbonyl (C=O) groups is 2. The number of carbonyl (C=O) groups excluding carboxylic acids is 2. The van der Waals surface area contributed by atoms with Crippen molar-refractivity contribution in [1.29, 1.82) is 0 Å². The van der Waals surface area contributed by atoms with Gasteiger partial charge in [0.25, 0.3) is 0 Å². The van der Waals surface area contributed by atoms with Crippen LogP contribution in [0.4, 0.5) is 0 Å². The topological polar surface area (TPSA) is 82.1 Å². The number of esters is 2. The highest BCUT2D eigenvalue weighted by atomic mass is 16.5. The van der Waals surface area contributed by atoms with Crippen molar-refractivity contribution in [2.24, 2.45) is 0 Å². The van der Waals surface area contributed by atoms with Crippen molar-refractivity contribution in [2.45, 2.75) is 188 Å². The van der Waals surface area contributed by atoms with Crippen LogP contribution in [0.5, 0.6) is 11.5 Å². The number of aromatic hydroxyl groups is 1. The first-order valence-corrected chi connectivity index (χ1v) is 18.8. The molecule has 6 nitrogen and oxygen atoms in total. The number of hydrogen-bond acceptors (Lipinski definition) is 6. The second kappa shape index (κ2) is 24.0. The molecule has 1 aromatic rings. The van der Waals surface area contributed by atoms with Crippen molar-refractivity contribution in [3.63, 3.8) is 0 Å². The van der Waals surface area contributed by atoms with Gasteiger partial charge >= 0.3 is 11.9 Å². The zero-order chi connectivity index (χ0) is 34.3. The SMILES string of the molecule is CCCCCCCCOC(=O)CCCC(C)(C)c1cc(OCCCC)c(C(C)(C)CCCC(=O)OCCCCCCCC)cc1O. The fourth-order valence-electron chi connectivity index (χ4n) is 5.99. The molecule has 0 aliphatic rings. The molecule has 0 spiro atoms. The molecule has 0 saturated heterocycles. The summed E-state index contributed by atoms with van der Waals surface area (Å²) in [6.07, 6.45) is 19.7. The van der Waals surface area contributed by atoms with E-state index in [1.807, 2.05) is 12.1 Å². The number of phenolic OH excluding ortho intramolecular Hbond substituents is 1. The number of benzene rings is 1. The summed E-state index contributed by atoms with van der Waals surface area (Å²) < 4.78 is 17.3. The Morgan fingerprint density at radius 1 is 0.565 bits per heavy atom. The molecule has 0 aliphatic carbocycles. The quantitative estimate of drug-likeness (QED) is 0.0720. The van der Waals surface area contributed by atoms with E-state index in [0.29, 0.717) is 45.5 Å². The molecule has 0 saturated carbocycles. The van der Waals surface area contributed by atoms with Gasteiger partial charge in [-0.05, 0) is 67.9 Å². The van der Waals surface area contributed by atoms with Crippen LogP contribution in [0.25, 0.3) is 0 Å². The molecule has 0 aliphatic heterocycles. The highest BCUT2D eigenvalue weighted by Gasteiger charge is 2.31. The molecular weight excluding hydrogens is 576 g/mol. The molecule has 0 amide bonds. The van der Waals surface area contributed by atoms with Crippen LogP contribution < -0.4 is 4.74 Å². The van der Waals surface area contributed by atoms with Crippen LogP contribution in [-0.2, 0) is 29.9 Å². The van der Waals surface area contributed by atoms with E-state index < -0.39 is 0 Å². The van der Waals surface area contributed by atoms with Crippen molar-refractivity contribution < 1.29 is 28.9 Å². The van der Waals surface area contributed by atoms with Gasteiger partial charge in [0.15, 0.2) is 0 Å². The maximum Gasteiger partial charge on any atom is 0.305 e. The molecule has 6 heteroatoms. The summed E-state index contributed by atoms with van der Waals surface area (Å²) in [6, 6.07) is 3.87. The fraction of sp³-hybridized carbons (Fsp3) is 0.800. The molecule has 0 radical (unpaired) electrons. The summed E-state index contributed by atoms with van der Waals surface area (Å²) in [5.41, 5.74) is 1.13. The molecule has 0 unspecified atom stereocenters. The van der Waals surface area contributed by atoms with E-state index in [-0.39, 0.29) is 28.5 Å². The van der Waals surface area contributed by atoms with E-state index in [4.69, 9.17) is 14.2 Å². The van der Waals surface area contributed by atoms with E-state index in [1.54, 1.807) is 0 Å². The molecular formula is C40H70O6. The van der Waals surface area contributed by atoms with Crippen LogP contribution in [0, 0.1) is 0 Å². The molecule has 0 atom stereocenters. The Labute approximate surface area is 282 Å². The van der Waals surface area contributed by atoms with E-state index in [1.165, 1.54) is 51.4 Å².